The lowest BCUT2D eigenvalue weighted by atomic mass is 9.84. The van der Waals surface area contributed by atoms with Crippen LogP contribution in [0.25, 0.3) is 45.0 Å². The summed E-state index contributed by atoms with van der Waals surface area (Å²) < 4.78 is 9.39. The highest BCUT2D eigenvalue weighted by Crippen LogP contribution is 2.36. The van der Waals surface area contributed by atoms with Crippen LogP contribution >= 0.6 is 0 Å². The molecule has 0 spiro atoms. The second-order valence-corrected chi connectivity index (χ2v) is 53.0. The first-order valence-corrected chi connectivity index (χ1v) is 50.6. The molecule has 94 heavy (non-hydrogen) atoms. The van der Waals surface area contributed by atoms with Gasteiger partial charge in [-0.15, -0.1) is 0 Å². The largest absolute Gasteiger partial charge is 0.212 e. The van der Waals surface area contributed by atoms with Crippen LogP contribution in [0.1, 0.15) is 161 Å². The van der Waals surface area contributed by atoms with Crippen molar-refractivity contribution in [3.05, 3.63) is 191 Å². The average molecular weight is 1330 g/mol. The molecule has 504 valence electrons. The fraction of sp³-hybridized carbons (Fsp3) is 0.488. The number of hydrogen-bond acceptors (Lipinski definition) is 0. The minimum Gasteiger partial charge on any atom is -0.201 e. The van der Waals surface area contributed by atoms with Crippen LogP contribution in [0.3, 0.4) is 0 Å². The number of nitrogens with zero attached hydrogens (tertiary/aromatic N) is 4. The van der Waals surface area contributed by atoms with Gasteiger partial charge < -0.3 is 0 Å². The lowest BCUT2D eigenvalue weighted by Crippen LogP contribution is -2.45. The number of benzene rings is 4. The molecule has 0 amide bonds. The molecule has 8 heteroatoms. The van der Waals surface area contributed by atoms with Gasteiger partial charge in [-0.3, -0.25) is 0 Å². The maximum Gasteiger partial charge on any atom is 0.212 e. The highest BCUT2D eigenvalue weighted by Gasteiger charge is 2.34. The molecule has 2 aliphatic carbocycles. The summed E-state index contributed by atoms with van der Waals surface area (Å²) >= 11 is 0. The van der Waals surface area contributed by atoms with Crippen molar-refractivity contribution < 1.29 is 18.3 Å². The second kappa shape index (κ2) is 33.1. The SMILES string of the molecule is CCC(C)Cc1c[n+](C)c(-c2ccccc2C)cc1[Si](C)(C)C.CCC(CC)Cc1c[n+](C)c(-c2ccccc2C)cc1[Si](C)(C)C.Cc1ccccc1-c1cc([Si](C)(C)C)c(C2CCCC2)c[n+]1C.Cc1ccccc1-c1cc([Si](C)(C)C)c(C2CCCCC2)c[n+]1C. The molecule has 4 nitrogen and oxygen atoms in total. The van der Waals surface area contributed by atoms with Gasteiger partial charge in [-0.2, -0.15) is 0 Å². The van der Waals surface area contributed by atoms with E-state index in [-0.39, 0.29) is 0 Å². The molecule has 8 aromatic rings. The van der Waals surface area contributed by atoms with Gasteiger partial charge in [0.2, 0.25) is 22.8 Å². The predicted octanol–water partition coefficient (Wildman–Crippen LogP) is 19.4. The van der Waals surface area contributed by atoms with Crippen LogP contribution in [0, 0.1) is 39.5 Å². The summed E-state index contributed by atoms with van der Waals surface area (Å²) in [5.41, 5.74) is 22.7. The van der Waals surface area contributed by atoms with E-state index in [4.69, 9.17) is 0 Å². The van der Waals surface area contributed by atoms with Crippen molar-refractivity contribution in [1.29, 1.82) is 0 Å². The first kappa shape index (κ1) is 75.7. The first-order valence-electron chi connectivity index (χ1n) is 36.6. The van der Waals surface area contributed by atoms with Crippen molar-refractivity contribution in [3.63, 3.8) is 0 Å². The minimum atomic E-state index is -1.39. The van der Waals surface area contributed by atoms with Crippen LogP contribution in [0.4, 0.5) is 0 Å². The van der Waals surface area contributed by atoms with Crippen molar-refractivity contribution >= 4 is 53.0 Å². The Labute approximate surface area is 578 Å². The van der Waals surface area contributed by atoms with Crippen molar-refractivity contribution in [3.8, 4) is 45.0 Å². The van der Waals surface area contributed by atoms with Gasteiger partial charge in [0.15, 0.2) is 24.8 Å². The van der Waals surface area contributed by atoms with Crippen LogP contribution in [0.15, 0.2) is 146 Å². The Hall–Kier alpha value is -5.65. The lowest BCUT2D eigenvalue weighted by molar-refractivity contribution is -0.660. The van der Waals surface area contributed by atoms with Gasteiger partial charge in [0, 0.05) is 68.8 Å². The van der Waals surface area contributed by atoms with Gasteiger partial charge in [-0.1, -0.05) is 230 Å². The van der Waals surface area contributed by atoms with Crippen LogP contribution in [-0.2, 0) is 41.0 Å². The molecule has 4 aromatic heterocycles. The molecular weight excluding hydrogens is 1200 g/mol. The normalized spacial score (nSPS) is 14.4. The Morgan fingerprint density at radius 2 is 0.617 bits per heavy atom. The predicted molar refractivity (Wildman–Crippen MR) is 421 cm³/mol. The monoisotopic (exact) mass is 1330 g/mol. The first-order chi connectivity index (χ1) is 44.3. The van der Waals surface area contributed by atoms with Crippen LogP contribution in [0.5, 0.6) is 0 Å². The number of pyridine rings is 4. The molecule has 4 heterocycles. The Morgan fingerprint density at radius 3 is 0.894 bits per heavy atom. The zero-order valence-corrected chi connectivity index (χ0v) is 67.9. The summed E-state index contributed by atoms with van der Waals surface area (Å²) in [6.45, 7) is 47.9. The standard InChI is InChI=1S/C22H32NSi.C22H34NSi.C21H30NSi.C21H32NSi/c1-17-11-9-10-14-19(17)21-15-22(24(3,4)5)20(16-23(21)2)18-12-7-6-8-13-18;1-8-18(9-2)14-19-16-23(4)21(15-22(19)24(5,6)7)20-13-11-10-12-17(20)3;1-16-10-6-9-13-18(16)20-14-21(23(3,4)5)19(15-22(20)2)17-11-7-8-12-17;1-8-16(2)13-18-15-22(4)20(14-21(18)23(5,6)7)19-12-10-9-11-17(19)3/h9-11,14-16,18H,6-8,12-13H2,1-5H3;10-13,15-16,18H,8-9,14H2,1-7H3;6,9-10,13-15,17H,7-8,11-12H2,1-5H3;9-12,14-16H,8,13H2,1-7H3/q4*+1. The van der Waals surface area contributed by atoms with E-state index in [1.165, 1.54) is 157 Å². The van der Waals surface area contributed by atoms with E-state index >= 15 is 0 Å². The Bertz CT molecular complexity index is 3800. The molecule has 2 saturated carbocycles. The Kier molecular flexibility index (Phi) is 26.6. The molecule has 4 aromatic carbocycles. The van der Waals surface area contributed by atoms with E-state index in [1.54, 1.807) is 43.0 Å². The quantitative estimate of drug-likeness (QED) is 0.0638. The molecule has 1 unspecified atom stereocenters. The average Bonchev–Trinajstić information content (AvgIpc) is 0.951. The molecule has 0 N–H and O–H groups in total. The smallest absolute Gasteiger partial charge is 0.201 e. The van der Waals surface area contributed by atoms with E-state index in [0.717, 1.165) is 23.7 Å². The van der Waals surface area contributed by atoms with Crippen LogP contribution < -0.4 is 39.0 Å². The molecule has 2 aliphatic rings. The lowest BCUT2D eigenvalue weighted by Gasteiger charge is -2.28. The molecule has 0 aliphatic heterocycles. The fourth-order valence-corrected chi connectivity index (χ4v) is 21.8. The van der Waals surface area contributed by atoms with Crippen molar-refractivity contribution in [2.45, 2.75) is 236 Å². The highest BCUT2D eigenvalue weighted by molar-refractivity contribution is 6.90. The third-order valence-corrected chi connectivity index (χ3v) is 29.3. The van der Waals surface area contributed by atoms with Crippen molar-refractivity contribution in [1.82, 2.24) is 0 Å². The maximum absolute atomic E-state index is 2.53. The molecule has 0 radical (unpaired) electrons. The summed E-state index contributed by atoms with van der Waals surface area (Å²) in [5, 5.41) is 6.59. The summed E-state index contributed by atoms with van der Waals surface area (Å²) in [6.07, 6.45) is 28.4. The van der Waals surface area contributed by atoms with Gasteiger partial charge in [0.25, 0.3) is 0 Å². The van der Waals surface area contributed by atoms with Gasteiger partial charge in [0.05, 0.1) is 32.3 Å². The molecule has 0 bridgehead atoms. The van der Waals surface area contributed by atoms with Gasteiger partial charge in [-0.25, -0.2) is 18.3 Å². The van der Waals surface area contributed by atoms with Crippen molar-refractivity contribution in [2.24, 2.45) is 40.0 Å². The second-order valence-electron chi connectivity index (χ2n) is 32.9. The molecular formula is C86H128N4Si4+4. The Morgan fingerprint density at radius 1 is 0.351 bits per heavy atom. The van der Waals surface area contributed by atoms with E-state index in [9.17, 15) is 0 Å². The van der Waals surface area contributed by atoms with Crippen LogP contribution in [-0.4, -0.2) is 32.3 Å². The fourth-order valence-electron chi connectivity index (χ4n) is 15.0. The zero-order chi connectivity index (χ0) is 69.0. The number of aryl methyl sites for hydroxylation is 8. The number of aromatic nitrogens is 4. The zero-order valence-electron chi connectivity index (χ0n) is 63.9. The topological polar surface area (TPSA) is 15.5 Å². The summed E-state index contributed by atoms with van der Waals surface area (Å²) in [6, 6.07) is 45.0. The van der Waals surface area contributed by atoms with Crippen LogP contribution in [0.2, 0.25) is 78.6 Å². The van der Waals surface area contributed by atoms with Gasteiger partial charge >= 0.3 is 0 Å². The van der Waals surface area contributed by atoms with E-state index < -0.39 is 32.3 Å². The van der Waals surface area contributed by atoms with Gasteiger partial charge in [0.1, 0.15) is 28.2 Å². The highest BCUT2D eigenvalue weighted by atomic mass is 28.3. The Balaban J connectivity index is 0.000000177. The van der Waals surface area contributed by atoms with E-state index in [0.29, 0.717) is 0 Å². The van der Waals surface area contributed by atoms with Gasteiger partial charge in [-0.05, 0) is 157 Å². The summed E-state index contributed by atoms with van der Waals surface area (Å²) in [7, 11) is 3.33. The molecule has 1 atom stereocenters. The minimum absolute atomic E-state index is 0.745. The summed E-state index contributed by atoms with van der Waals surface area (Å²) in [5.74, 6) is 3.10. The van der Waals surface area contributed by atoms with E-state index in [1.807, 2.05) is 0 Å². The molecule has 2 fully saturated rings. The molecule has 10 rings (SSSR count). The number of hydrogen-bond donors (Lipinski definition) is 0. The third kappa shape index (κ3) is 19.6. The van der Waals surface area contributed by atoms with Crippen molar-refractivity contribution in [2.75, 3.05) is 0 Å². The summed E-state index contributed by atoms with van der Waals surface area (Å²) in [4.78, 5) is 0. The number of rotatable bonds is 17. The maximum atomic E-state index is 2.53. The third-order valence-electron chi connectivity index (χ3n) is 21.0. The molecule has 0 saturated heterocycles. The van der Waals surface area contributed by atoms with E-state index in [2.05, 4.69) is 327 Å².